The fraction of sp³-hybridized carbons (Fsp3) is 0.500. The molecule has 1 aromatic rings. The van der Waals surface area contributed by atoms with Crippen LogP contribution in [0.15, 0.2) is 30.3 Å². The number of phosphoric acid groups is 1. The van der Waals surface area contributed by atoms with Gasteiger partial charge in [0.05, 0.1) is 19.3 Å². The summed E-state index contributed by atoms with van der Waals surface area (Å²) in [6.07, 6.45) is 1.13. The Morgan fingerprint density at radius 2 is 2.00 bits per heavy atom. The molecule has 118 valence electrons. The van der Waals surface area contributed by atoms with E-state index in [1.54, 1.807) is 0 Å². The number of phosphoric ester groups is 1. The van der Waals surface area contributed by atoms with Crippen LogP contribution in [0.3, 0.4) is 0 Å². The van der Waals surface area contributed by atoms with Gasteiger partial charge in [-0.1, -0.05) is 37.3 Å². The molecule has 0 saturated carbocycles. The summed E-state index contributed by atoms with van der Waals surface area (Å²) in [7, 11) is -4.06. The van der Waals surface area contributed by atoms with E-state index in [1.165, 1.54) is 6.92 Å². The lowest BCUT2D eigenvalue weighted by atomic mass is 10.1. The molecule has 0 bridgehead atoms. The third kappa shape index (κ3) is 7.97. The molecule has 0 heterocycles. The van der Waals surface area contributed by atoms with Crippen molar-refractivity contribution in [2.75, 3.05) is 13.2 Å². The Kier molecular flexibility index (Phi) is 7.61. The van der Waals surface area contributed by atoms with Crippen molar-refractivity contribution in [3.8, 4) is 0 Å². The maximum absolute atomic E-state index is 11.6. The highest BCUT2D eigenvalue weighted by Gasteiger charge is 2.23. The van der Waals surface area contributed by atoms with Gasteiger partial charge in [-0.25, -0.2) is 4.57 Å². The molecule has 1 amide bonds. The molecule has 0 aliphatic rings. The molecule has 0 fully saturated rings. The van der Waals surface area contributed by atoms with Crippen molar-refractivity contribution >= 4 is 13.7 Å². The molecule has 1 rings (SSSR count). The predicted molar refractivity (Wildman–Crippen MR) is 79.8 cm³/mol. The van der Waals surface area contributed by atoms with Crippen molar-refractivity contribution in [3.05, 3.63) is 35.9 Å². The van der Waals surface area contributed by atoms with Crippen LogP contribution in [0.25, 0.3) is 0 Å². The number of benzene rings is 1. The Morgan fingerprint density at radius 3 is 2.57 bits per heavy atom. The van der Waals surface area contributed by atoms with Gasteiger partial charge in [0.25, 0.3) is 0 Å². The van der Waals surface area contributed by atoms with Crippen LogP contribution >= 0.6 is 7.82 Å². The fourth-order valence-electron chi connectivity index (χ4n) is 1.77. The van der Waals surface area contributed by atoms with Crippen LogP contribution in [0.2, 0.25) is 0 Å². The number of amides is 1. The van der Waals surface area contributed by atoms with Crippen molar-refractivity contribution in [2.45, 2.75) is 32.7 Å². The van der Waals surface area contributed by atoms with E-state index in [0.29, 0.717) is 12.8 Å². The molecule has 0 radical (unpaired) electrons. The Bertz CT molecular complexity index is 480. The molecule has 7 heteroatoms. The van der Waals surface area contributed by atoms with E-state index in [4.69, 9.17) is 9.05 Å². The van der Waals surface area contributed by atoms with E-state index in [9.17, 15) is 14.3 Å². The quantitative estimate of drug-likeness (QED) is 0.683. The summed E-state index contributed by atoms with van der Waals surface area (Å²) >= 11 is 0. The van der Waals surface area contributed by atoms with Gasteiger partial charge < -0.3 is 10.2 Å². The zero-order valence-electron chi connectivity index (χ0n) is 12.3. The van der Waals surface area contributed by atoms with Gasteiger partial charge in [-0.3, -0.25) is 13.8 Å². The van der Waals surface area contributed by atoms with Crippen LogP contribution in [0.1, 0.15) is 25.8 Å². The van der Waals surface area contributed by atoms with E-state index in [1.807, 2.05) is 37.3 Å². The minimum absolute atomic E-state index is 0.0913. The van der Waals surface area contributed by atoms with E-state index < -0.39 is 13.9 Å². The lowest BCUT2D eigenvalue weighted by molar-refractivity contribution is -0.119. The average molecular weight is 315 g/mol. The van der Waals surface area contributed by atoms with Gasteiger partial charge in [0.1, 0.15) is 0 Å². The van der Waals surface area contributed by atoms with Crippen LogP contribution in [-0.4, -0.2) is 30.1 Å². The Hall–Kier alpha value is -1.20. The third-order valence-corrected chi connectivity index (χ3v) is 3.61. The van der Waals surface area contributed by atoms with Crippen LogP contribution in [0.5, 0.6) is 0 Å². The van der Waals surface area contributed by atoms with E-state index in [0.717, 1.165) is 5.56 Å². The van der Waals surface area contributed by atoms with Crippen molar-refractivity contribution in [3.63, 3.8) is 0 Å². The highest BCUT2D eigenvalue weighted by atomic mass is 31.2. The monoisotopic (exact) mass is 315 g/mol. The van der Waals surface area contributed by atoms with Gasteiger partial charge >= 0.3 is 7.82 Å². The molecule has 2 N–H and O–H groups in total. The topological polar surface area (TPSA) is 84.9 Å². The van der Waals surface area contributed by atoms with Gasteiger partial charge in [0.2, 0.25) is 5.91 Å². The molecule has 2 atom stereocenters. The molecule has 6 nitrogen and oxygen atoms in total. The van der Waals surface area contributed by atoms with E-state index >= 15 is 0 Å². The zero-order chi connectivity index (χ0) is 15.7. The van der Waals surface area contributed by atoms with Gasteiger partial charge in [-0.05, 0) is 18.4 Å². The Balaban J connectivity index is 2.58. The molecule has 0 aromatic heterocycles. The summed E-state index contributed by atoms with van der Waals surface area (Å²) in [6.45, 7) is 3.28. The molecule has 2 unspecified atom stereocenters. The summed E-state index contributed by atoms with van der Waals surface area (Å²) in [4.78, 5) is 20.7. The first-order chi connectivity index (χ1) is 9.93. The summed E-state index contributed by atoms with van der Waals surface area (Å²) in [5.74, 6) is -0.221. The molecule has 21 heavy (non-hydrogen) atoms. The Morgan fingerprint density at radius 1 is 1.33 bits per heavy atom. The standard InChI is InChI=1S/C14H22NO5P/c1-3-9-19-21(17,18)20-11-14(15-12(2)16)10-13-7-5-4-6-8-13/h4-8,14H,3,9-11H2,1-2H3,(H,15,16)(H,17,18). The number of carbonyl (C=O) groups excluding carboxylic acids is 1. The number of nitrogens with one attached hydrogen (secondary N) is 1. The van der Waals surface area contributed by atoms with Crippen molar-refractivity contribution in [1.29, 1.82) is 0 Å². The number of hydrogen-bond acceptors (Lipinski definition) is 4. The van der Waals surface area contributed by atoms with Crippen LogP contribution in [0.4, 0.5) is 0 Å². The second kappa shape index (κ2) is 8.95. The second-order valence-electron chi connectivity index (χ2n) is 4.68. The summed E-state index contributed by atoms with van der Waals surface area (Å²) in [6, 6.07) is 9.12. The minimum atomic E-state index is -4.06. The van der Waals surface area contributed by atoms with Crippen LogP contribution < -0.4 is 5.32 Å². The zero-order valence-corrected chi connectivity index (χ0v) is 13.2. The highest BCUT2D eigenvalue weighted by Crippen LogP contribution is 2.43. The first-order valence-corrected chi connectivity index (χ1v) is 8.35. The summed E-state index contributed by atoms with van der Waals surface area (Å²) < 4.78 is 21.3. The maximum Gasteiger partial charge on any atom is 0.472 e. The highest BCUT2D eigenvalue weighted by molar-refractivity contribution is 7.47. The molecular formula is C14H22NO5P. The predicted octanol–water partition coefficient (Wildman–Crippen LogP) is 2.28. The first-order valence-electron chi connectivity index (χ1n) is 6.86. The number of hydrogen-bond donors (Lipinski definition) is 2. The molecule has 0 saturated heterocycles. The molecule has 0 aliphatic heterocycles. The number of carbonyl (C=O) groups is 1. The molecule has 0 spiro atoms. The normalized spacial score (nSPS) is 15.2. The van der Waals surface area contributed by atoms with Gasteiger partial charge in [-0.15, -0.1) is 0 Å². The Labute approximate surface area is 125 Å². The van der Waals surface area contributed by atoms with E-state index in [-0.39, 0.29) is 19.1 Å². The maximum atomic E-state index is 11.6. The third-order valence-electron chi connectivity index (χ3n) is 2.63. The van der Waals surface area contributed by atoms with E-state index in [2.05, 4.69) is 5.32 Å². The SMILES string of the molecule is CCCOP(=O)(O)OCC(Cc1ccccc1)NC(C)=O. The van der Waals surface area contributed by atoms with Crippen LogP contribution in [0, 0.1) is 0 Å². The molecule has 0 aliphatic carbocycles. The minimum Gasteiger partial charge on any atom is -0.351 e. The van der Waals surface area contributed by atoms with Crippen molar-refractivity contribution in [1.82, 2.24) is 5.32 Å². The van der Waals surface area contributed by atoms with Gasteiger partial charge in [-0.2, -0.15) is 0 Å². The van der Waals surface area contributed by atoms with Crippen LogP contribution in [-0.2, 0) is 24.8 Å². The largest absolute Gasteiger partial charge is 0.472 e. The molecular weight excluding hydrogens is 293 g/mol. The lowest BCUT2D eigenvalue weighted by Gasteiger charge is -2.20. The summed E-state index contributed by atoms with van der Waals surface area (Å²) in [5.41, 5.74) is 1.00. The fourth-order valence-corrected chi connectivity index (χ4v) is 2.62. The van der Waals surface area contributed by atoms with Crippen molar-refractivity contribution in [2.24, 2.45) is 0 Å². The smallest absolute Gasteiger partial charge is 0.351 e. The number of rotatable bonds is 9. The van der Waals surface area contributed by atoms with Gasteiger partial charge in [0, 0.05) is 6.92 Å². The van der Waals surface area contributed by atoms with Crippen molar-refractivity contribution < 1.29 is 23.3 Å². The lowest BCUT2D eigenvalue weighted by Crippen LogP contribution is -2.38. The summed E-state index contributed by atoms with van der Waals surface area (Å²) in [5, 5.41) is 2.71. The second-order valence-corrected chi connectivity index (χ2v) is 6.14. The molecule has 1 aromatic carbocycles. The first kappa shape index (κ1) is 17.9. The average Bonchev–Trinajstić information content (AvgIpc) is 2.43. The van der Waals surface area contributed by atoms with Gasteiger partial charge in [0.15, 0.2) is 0 Å².